The van der Waals surface area contributed by atoms with Gasteiger partial charge >= 0.3 is 21.1 Å². The van der Waals surface area contributed by atoms with Crippen LogP contribution in [0.2, 0.25) is 0 Å². The van der Waals surface area contributed by atoms with Crippen LogP contribution in [0.15, 0.2) is 146 Å². The molecule has 0 saturated heterocycles. The van der Waals surface area contributed by atoms with Gasteiger partial charge in [-0.25, -0.2) is 4.98 Å². The van der Waals surface area contributed by atoms with Crippen LogP contribution in [0, 0.1) is 32.9 Å². The molecule has 7 heteroatoms. The molecule has 0 amide bonds. The molecule has 57 heavy (non-hydrogen) atoms. The number of imidazole rings is 2. The van der Waals surface area contributed by atoms with E-state index in [9.17, 15) is 0 Å². The van der Waals surface area contributed by atoms with Crippen LogP contribution in [0.5, 0.6) is 11.5 Å². The minimum Gasteiger partial charge on any atom is -0.497 e. The van der Waals surface area contributed by atoms with Crippen molar-refractivity contribution in [1.29, 1.82) is 0 Å². The first-order valence-corrected chi connectivity index (χ1v) is 18.8. The van der Waals surface area contributed by atoms with E-state index in [0.717, 1.165) is 88.5 Å². The SMILES string of the molecule is Cc1cc(C)c(-c2cn3c(n2)c2[c-]c(Oc4[c-]c5c(cc4)c4ccccc4n4c(-c6ccccc6)c(-c6ccccc6)nc54)ccc2c2cccnc23)c(C)c1.[Pt+2]. The Labute approximate surface area is 343 Å². The Morgan fingerprint density at radius 2 is 1.18 bits per heavy atom. The molecular weight excluding hydrogens is 882 g/mol. The van der Waals surface area contributed by atoms with Crippen LogP contribution < -0.4 is 4.74 Å². The first-order chi connectivity index (χ1) is 27.5. The van der Waals surface area contributed by atoms with Gasteiger partial charge in [-0.15, -0.1) is 12.1 Å². The predicted octanol–water partition coefficient (Wildman–Crippen LogP) is 12.3. The predicted molar refractivity (Wildman–Crippen MR) is 226 cm³/mol. The number of pyridine rings is 3. The minimum atomic E-state index is 0. The molecule has 0 N–H and O–H groups in total. The zero-order valence-electron chi connectivity index (χ0n) is 31.3. The van der Waals surface area contributed by atoms with Crippen molar-refractivity contribution >= 4 is 54.8 Å². The second kappa shape index (κ2) is 13.5. The van der Waals surface area contributed by atoms with E-state index < -0.39 is 0 Å². The molecule has 0 aliphatic rings. The molecule has 11 rings (SSSR count). The number of ether oxygens (including phenoxy) is 1. The Morgan fingerprint density at radius 3 is 1.89 bits per heavy atom. The number of hydrogen-bond acceptors (Lipinski definition) is 4. The number of para-hydroxylation sites is 1. The van der Waals surface area contributed by atoms with E-state index in [-0.39, 0.29) is 21.1 Å². The molecule has 0 saturated carbocycles. The van der Waals surface area contributed by atoms with Gasteiger partial charge in [0.05, 0.1) is 28.4 Å². The van der Waals surface area contributed by atoms with Crippen LogP contribution in [-0.4, -0.2) is 23.8 Å². The summed E-state index contributed by atoms with van der Waals surface area (Å²) < 4.78 is 11.0. The maximum absolute atomic E-state index is 6.66. The van der Waals surface area contributed by atoms with Gasteiger partial charge in [-0.3, -0.25) is 9.97 Å². The Kier molecular flexibility index (Phi) is 8.28. The topological polar surface area (TPSA) is 56.7 Å². The summed E-state index contributed by atoms with van der Waals surface area (Å²) in [5.74, 6) is 1.14. The van der Waals surface area contributed by atoms with Crippen molar-refractivity contribution in [2.45, 2.75) is 20.8 Å². The quantitative estimate of drug-likeness (QED) is 0.127. The second-order valence-corrected chi connectivity index (χ2v) is 14.5. The van der Waals surface area contributed by atoms with E-state index in [2.05, 4.69) is 151 Å². The van der Waals surface area contributed by atoms with Gasteiger partial charge < -0.3 is 13.5 Å². The summed E-state index contributed by atoms with van der Waals surface area (Å²) in [7, 11) is 0. The standard InChI is InChI=1S/C50H33N5O.Pt/c1-30-25-31(2)45(32(3)26-30)43-29-54-48-40(18-12-24-51-48)38-23-21-35(27-41(38)49(54)52-43)56-36-20-22-37-39-17-10-11-19-44(39)55-47(34-15-8-5-9-16-34)46(33-13-6-4-7-14-33)53-50(55)42(37)28-36;/h4-26,29H,1-3H3;/q-2;+2. The fourth-order valence-corrected chi connectivity index (χ4v) is 8.59. The minimum absolute atomic E-state index is 0. The van der Waals surface area contributed by atoms with E-state index in [4.69, 9.17) is 19.7 Å². The average molecular weight is 915 g/mol. The molecule has 0 unspecified atom stereocenters. The number of hydrogen-bond donors (Lipinski definition) is 0. The van der Waals surface area contributed by atoms with Crippen LogP contribution in [0.3, 0.4) is 0 Å². The summed E-state index contributed by atoms with van der Waals surface area (Å²) >= 11 is 0. The molecule has 0 spiro atoms. The van der Waals surface area contributed by atoms with Crippen LogP contribution in [-0.2, 0) is 21.1 Å². The van der Waals surface area contributed by atoms with Crippen molar-refractivity contribution in [1.82, 2.24) is 23.8 Å². The fraction of sp³-hybridized carbons (Fsp3) is 0.0600. The Bertz CT molecular complexity index is 3350. The van der Waals surface area contributed by atoms with Crippen LogP contribution >= 0.6 is 0 Å². The van der Waals surface area contributed by atoms with Crippen molar-refractivity contribution in [2.75, 3.05) is 0 Å². The van der Waals surface area contributed by atoms with Gasteiger partial charge in [-0.2, -0.15) is 0 Å². The first kappa shape index (κ1) is 34.8. The van der Waals surface area contributed by atoms with E-state index in [1.165, 1.54) is 16.7 Å². The van der Waals surface area contributed by atoms with Crippen molar-refractivity contribution in [3.8, 4) is 45.3 Å². The molecule has 6 nitrogen and oxygen atoms in total. The molecule has 0 atom stereocenters. The number of fused-ring (bicyclic) bond motifs is 12. The maximum Gasteiger partial charge on any atom is 2.00 e. The molecule has 0 bridgehead atoms. The zero-order chi connectivity index (χ0) is 37.5. The molecule has 0 radical (unpaired) electrons. The molecule has 11 aromatic rings. The van der Waals surface area contributed by atoms with Gasteiger partial charge in [0.1, 0.15) is 5.65 Å². The Morgan fingerprint density at radius 1 is 0.561 bits per heavy atom. The summed E-state index contributed by atoms with van der Waals surface area (Å²) in [6, 6.07) is 53.3. The largest absolute Gasteiger partial charge is 2.00 e. The number of nitrogens with zero attached hydrogens (tertiary/aromatic N) is 5. The summed E-state index contributed by atoms with van der Waals surface area (Å²) in [6.07, 6.45) is 3.93. The summed E-state index contributed by atoms with van der Waals surface area (Å²) in [5.41, 5.74) is 13.3. The van der Waals surface area contributed by atoms with Crippen molar-refractivity contribution in [2.24, 2.45) is 0 Å². The van der Waals surface area contributed by atoms with Crippen molar-refractivity contribution < 1.29 is 25.8 Å². The third-order valence-corrected chi connectivity index (χ3v) is 10.9. The van der Waals surface area contributed by atoms with Gasteiger partial charge in [0, 0.05) is 40.5 Å². The number of aryl methyl sites for hydroxylation is 3. The fourth-order valence-electron chi connectivity index (χ4n) is 8.59. The van der Waals surface area contributed by atoms with Crippen LogP contribution in [0.25, 0.3) is 88.5 Å². The van der Waals surface area contributed by atoms with E-state index in [0.29, 0.717) is 11.5 Å². The van der Waals surface area contributed by atoms with E-state index in [1.54, 1.807) is 0 Å². The molecule has 6 aromatic carbocycles. The second-order valence-electron chi connectivity index (χ2n) is 14.5. The summed E-state index contributed by atoms with van der Waals surface area (Å²) in [4.78, 5) is 15.4. The molecule has 0 aliphatic heterocycles. The molecule has 0 aliphatic carbocycles. The Balaban J connectivity index is 0.00000396. The summed E-state index contributed by atoms with van der Waals surface area (Å²) in [5, 5.41) is 5.94. The van der Waals surface area contributed by atoms with Crippen LogP contribution in [0.1, 0.15) is 16.7 Å². The molecule has 5 heterocycles. The molecule has 5 aromatic heterocycles. The van der Waals surface area contributed by atoms with E-state index >= 15 is 0 Å². The Hall–Kier alpha value is -6.62. The zero-order valence-corrected chi connectivity index (χ0v) is 33.6. The van der Waals surface area contributed by atoms with Crippen molar-refractivity contribution in [3.05, 3.63) is 175 Å². The molecule has 274 valence electrons. The number of aromatic nitrogens is 5. The number of rotatable bonds is 5. The van der Waals surface area contributed by atoms with Crippen molar-refractivity contribution in [3.63, 3.8) is 0 Å². The maximum atomic E-state index is 6.66. The van der Waals surface area contributed by atoms with Crippen LogP contribution in [0.4, 0.5) is 0 Å². The third-order valence-electron chi connectivity index (χ3n) is 10.9. The van der Waals surface area contributed by atoms with Gasteiger partial charge in [0.15, 0.2) is 0 Å². The monoisotopic (exact) mass is 914 g/mol. The van der Waals surface area contributed by atoms with Gasteiger partial charge in [-0.05, 0) is 60.4 Å². The smallest absolute Gasteiger partial charge is 0.497 e. The normalized spacial score (nSPS) is 11.6. The van der Waals surface area contributed by atoms with Gasteiger partial charge in [-0.1, -0.05) is 148 Å². The van der Waals surface area contributed by atoms with Gasteiger partial charge in [0.2, 0.25) is 0 Å². The first-order valence-electron chi connectivity index (χ1n) is 18.8. The summed E-state index contributed by atoms with van der Waals surface area (Å²) in [6.45, 7) is 6.43. The number of benzene rings is 6. The molecular formula is C50H33N5OPt. The van der Waals surface area contributed by atoms with Gasteiger partial charge in [0.25, 0.3) is 0 Å². The average Bonchev–Trinajstić information content (AvgIpc) is 3.85. The molecule has 0 fully saturated rings. The third kappa shape index (κ3) is 5.55. The van der Waals surface area contributed by atoms with E-state index in [1.807, 2.05) is 36.5 Å².